The zero-order valence-electron chi connectivity index (χ0n) is 11.1. The Labute approximate surface area is 112 Å². The van der Waals surface area contributed by atoms with Crippen molar-refractivity contribution in [3.8, 4) is 0 Å². The Balaban J connectivity index is 1.91. The van der Waals surface area contributed by atoms with Crippen LogP contribution in [0.2, 0.25) is 0 Å². The summed E-state index contributed by atoms with van der Waals surface area (Å²) in [5, 5.41) is 23.9. The van der Waals surface area contributed by atoms with Gasteiger partial charge in [0.1, 0.15) is 0 Å². The van der Waals surface area contributed by atoms with Gasteiger partial charge in [0.05, 0.1) is 30.5 Å². The van der Waals surface area contributed by atoms with E-state index in [1.807, 2.05) is 0 Å². The molecular weight excluding hydrogens is 248 g/mol. The largest absolute Gasteiger partial charge is 0.395 e. The predicted molar refractivity (Wildman–Crippen MR) is 69.7 cm³/mol. The second kappa shape index (κ2) is 6.12. The summed E-state index contributed by atoms with van der Waals surface area (Å²) >= 11 is 0. The Morgan fingerprint density at radius 3 is 3.00 bits per heavy atom. The molecule has 0 spiro atoms. The van der Waals surface area contributed by atoms with E-state index in [0.717, 1.165) is 25.9 Å². The average molecular weight is 268 g/mol. The Bertz CT molecular complexity index is 434. The number of rotatable bonds is 5. The number of nitro groups is 1. The van der Waals surface area contributed by atoms with Gasteiger partial charge in [-0.3, -0.25) is 4.90 Å². The van der Waals surface area contributed by atoms with E-state index in [0.29, 0.717) is 12.5 Å². The number of piperidine rings is 1. The van der Waals surface area contributed by atoms with Crippen LogP contribution >= 0.6 is 0 Å². The maximum absolute atomic E-state index is 10.5. The van der Waals surface area contributed by atoms with Gasteiger partial charge in [-0.15, -0.1) is 0 Å². The molecule has 0 radical (unpaired) electrons. The van der Waals surface area contributed by atoms with Crippen molar-refractivity contribution >= 4 is 5.82 Å². The molecule has 1 aromatic rings. The zero-order chi connectivity index (χ0) is 13.8. The number of aliphatic hydroxyl groups excluding tert-OH is 1. The third-order valence-corrected chi connectivity index (χ3v) is 3.85. The summed E-state index contributed by atoms with van der Waals surface area (Å²) in [6.07, 6.45) is 3.91. The SMILES string of the molecule is CC1CCCN(CCn2ccc([N+](=O)[O-])n2)C1CO. The molecule has 1 fully saturated rings. The summed E-state index contributed by atoms with van der Waals surface area (Å²) in [7, 11) is 0. The molecule has 106 valence electrons. The third kappa shape index (κ3) is 3.30. The van der Waals surface area contributed by atoms with E-state index in [2.05, 4.69) is 16.9 Å². The number of likely N-dealkylation sites (tertiary alicyclic amines) is 1. The lowest BCUT2D eigenvalue weighted by atomic mass is 9.91. The first kappa shape index (κ1) is 14.0. The minimum Gasteiger partial charge on any atom is -0.395 e. The van der Waals surface area contributed by atoms with Gasteiger partial charge < -0.3 is 15.2 Å². The van der Waals surface area contributed by atoms with E-state index < -0.39 is 4.92 Å². The van der Waals surface area contributed by atoms with E-state index in [1.54, 1.807) is 10.9 Å². The fraction of sp³-hybridized carbons (Fsp3) is 0.750. The van der Waals surface area contributed by atoms with E-state index in [-0.39, 0.29) is 18.5 Å². The molecule has 2 rings (SSSR count). The van der Waals surface area contributed by atoms with Crippen molar-refractivity contribution in [2.45, 2.75) is 32.4 Å². The van der Waals surface area contributed by atoms with Gasteiger partial charge in [-0.25, -0.2) is 0 Å². The van der Waals surface area contributed by atoms with Crippen LogP contribution in [0.3, 0.4) is 0 Å². The molecule has 1 N–H and O–H groups in total. The molecule has 1 saturated heterocycles. The van der Waals surface area contributed by atoms with Crippen molar-refractivity contribution in [3.05, 3.63) is 22.4 Å². The average Bonchev–Trinajstić information content (AvgIpc) is 2.85. The predicted octanol–water partition coefficient (Wildman–Crippen LogP) is 0.884. The minimum atomic E-state index is -0.490. The molecule has 0 aliphatic carbocycles. The molecule has 1 aliphatic rings. The van der Waals surface area contributed by atoms with Crippen LogP contribution in [0.15, 0.2) is 12.3 Å². The van der Waals surface area contributed by atoms with Crippen LogP contribution in [0.4, 0.5) is 5.82 Å². The lowest BCUT2D eigenvalue weighted by molar-refractivity contribution is -0.389. The number of aromatic nitrogens is 2. The van der Waals surface area contributed by atoms with Gasteiger partial charge in [0.2, 0.25) is 0 Å². The maximum Gasteiger partial charge on any atom is 0.389 e. The minimum absolute atomic E-state index is 0.120. The van der Waals surface area contributed by atoms with Gasteiger partial charge in [-0.1, -0.05) is 6.92 Å². The van der Waals surface area contributed by atoms with Crippen LogP contribution in [-0.2, 0) is 6.54 Å². The van der Waals surface area contributed by atoms with E-state index in [4.69, 9.17) is 0 Å². The molecule has 0 amide bonds. The first-order valence-electron chi connectivity index (χ1n) is 6.64. The van der Waals surface area contributed by atoms with Crippen LogP contribution in [0.5, 0.6) is 0 Å². The number of hydrogen-bond donors (Lipinski definition) is 1. The summed E-state index contributed by atoms with van der Waals surface area (Å²) in [5.41, 5.74) is 0. The topological polar surface area (TPSA) is 84.4 Å². The Hall–Kier alpha value is -1.47. The zero-order valence-corrected chi connectivity index (χ0v) is 11.1. The summed E-state index contributed by atoms with van der Waals surface area (Å²) in [5.74, 6) is 0.372. The molecular formula is C12H20N4O3. The van der Waals surface area contributed by atoms with Gasteiger partial charge in [-0.2, -0.15) is 4.68 Å². The molecule has 1 aromatic heterocycles. The van der Waals surface area contributed by atoms with Crippen LogP contribution in [0, 0.1) is 16.0 Å². The van der Waals surface area contributed by atoms with Gasteiger partial charge >= 0.3 is 5.82 Å². The van der Waals surface area contributed by atoms with Crippen molar-refractivity contribution < 1.29 is 10.0 Å². The van der Waals surface area contributed by atoms with E-state index >= 15 is 0 Å². The van der Waals surface area contributed by atoms with Gasteiger partial charge in [0.15, 0.2) is 0 Å². The smallest absolute Gasteiger partial charge is 0.389 e. The molecule has 7 heteroatoms. The van der Waals surface area contributed by atoms with Gasteiger partial charge in [0.25, 0.3) is 0 Å². The highest BCUT2D eigenvalue weighted by molar-refractivity contribution is 5.13. The first-order chi connectivity index (χ1) is 9.11. The number of aliphatic hydroxyl groups is 1. The fourth-order valence-electron chi connectivity index (χ4n) is 2.71. The number of nitrogens with zero attached hydrogens (tertiary/aromatic N) is 4. The number of hydrogen-bond acceptors (Lipinski definition) is 5. The summed E-state index contributed by atoms with van der Waals surface area (Å²) in [6, 6.07) is 1.60. The second-order valence-electron chi connectivity index (χ2n) is 5.10. The van der Waals surface area contributed by atoms with E-state index in [9.17, 15) is 15.2 Å². The van der Waals surface area contributed by atoms with Gasteiger partial charge in [-0.05, 0) is 30.2 Å². The van der Waals surface area contributed by atoms with Crippen molar-refractivity contribution in [2.75, 3.05) is 19.7 Å². The normalized spacial score (nSPS) is 24.5. The highest BCUT2D eigenvalue weighted by Gasteiger charge is 2.27. The molecule has 1 aliphatic heterocycles. The highest BCUT2D eigenvalue weighted by Crippen LogP contribution is 2.22. The fourth-order valence-corrected chi connectivity index (χ4v) is 2.71. The Kier molecular flexibility index (Phi) is 4.49. The highest BCUT2D eigenvalue weighted by atomic mass is 16.6. The molecule has 0 bridgehead atoms. The van der Waals surface area contributed by atoms with Crippen LogP contribution in [-0.4, -0.2) is 50.4 Å². The van der Waals surface area contributed by atoms with Crippen molar-refractivity contribution in [3.63, 3.8) is 0 Å². The summed E-state index contributed by atoms with van der Waals surface area (Å²) in [6.45, 7) is 4.66. The molecule has 2 atom stereocenters. The molecule has 19 heavy (non-hydrogen) atoms. The van der Waals surface area contributed by atoms with Crippen molar-refractivity contribution in [1.82, 2.24) is 14.7 Å². The first-order valence-corrected chi connectivity index (χ1v) is 6.64. The van der Waals surface area contributed by atoms with Crippen LogP contribution < -0.4 is 0 Å². The Morgan fingerprint density at radius 1 is 1.58 bits per heavy atom. The summed E-state index contributed by atoms with van der Waals surface area (Å²) in [4.78, 5) is 12.3. The monoisotopic (exact) mass is 268 g/mol. The van der Waals surface area contributed by atoms with E-state index in [1.165, 1.54) is 6.07 Å². The quantitative estimate of drug-likeness (QED) is 0.633. The molecule has 0 aromatic carbocycles. The standard InChI is InChI=1S/C12H20N4O3/c1-10-3-2-5-14(11(10)9-17)7-8-15-6-4-12(13-15)16(18)19/h4,6,10-11,17H,2-3,5,7-9H2,1H3. The molecule has 2 unspecified atom stereocenters. The second-order valence-corrected chi connectivity index (χ2v) is 5.10. The lowest BCUT2D eigenvalue weighted by Gasteiger charge is -2.38. The molecule has 2 heterocycles. The third-order valence-electron chi connectivity index (χ3n) is 3.85. The van der Waals surface area contributed by atoms with Crippen LogP contribution in [0.1, 0.15) is 19.8 Å². The van der Waals surface area contributed by atoms with Crippen molar-refractivity contribution in [2.24, 2.45) is 5.92 Å². The maximum atomic E-state index is 10.5. The summed E-state index contributed by atoms with van der Waals surface area (Å²) < 4.78 is 1.59. The van der Waals surface area contributed by atoms with Crippen LogP contribution in [0.25, 0.3) is 0 Å². The van der Waals surface area contributed by atoms with Gasteiger partial charge in [0, 0.05) is 12.6 Å². The van der Waals surface area contributed by atoms with Crippen molar-refractivity contribution in [1.29, 1.82) is 0 Å². The molecule has 7 nitrogen and oxygen atoms in total. The molecule has 0 saturated carbocycles. The Morgan fingerprint density at radius 2 is 2.37 bits per heavy atom. The lowest BCUT2D eigenvalue weighted by Crippen LogP contribution is -2.47.